The molecule has 1 rings (SSSR count). The van der Waals surface area contributed by atoms with Gasteiger partial charge in [0.25, 0.3) is 0 Å². The van der Waals surface area contributed by atoms with Crippen LogP contribution in [0.25, 0.3) is 0 Å². The molecule has 0 unspecified atom stereocenters. The molecule has 1 N–H and O–H groups in total. The molecule has 0 aliphatic heterocycles. The normalized spacial score (nSPS) is 10.3. The van der Waals surface area contributed by atoms with E-state index in [-0.39, 0.29) is 12.5 Å². The number of carbonyl (C=O) groups excluding carboxylic acids is 1. The summed E-state index contributed by atoms with van der Waals surface area (Å²) in [4.78, 5) is 14.7. The average Bonchev–Trinajstić information content (AvgIpc) is 2.71. The van der Waals surface area contributed by atoms with Crippen molar-refractivity contribution in [2.45, 2.75) is 19.8 Å². The highest BCUT2D eigenvalue weighted by molar-refractivity contribution is 7.10. The number of likely N-dealkylation sites (N-methyl/N-ethyl adjacent to an activating group) is 1. The highest BCUT2D eigenvalue weighted by atomic mass is 32.1. The summed E-state index contributed by atoms with van der Waals surface area (Å²) in [6.07, 6.45) is 1.14. The molecule has 0 saturated heterocycles. The number of carbonyl (C=O) groups is 1. The zero-order valence-electron chi connectivity index (χ0n) is 8.98. The lowest BCUT2D eigenvalue weighted by molar-refractivity contribution is -0.130. The van der Waals surface area contributed by atoms with E-state index in [0.717, 1.165) is 4.88 Å². The zero-order chi connectivity index (χ0) is 11.1. The minimum atomic E-state index is 0.142. The molecule has 0 aromatic carbocycles. The van der Waals surface area contributed by atoms with Gasteiger partial charge in [-0.05, 0) is 24.8 Å². The van der Waals surface area contributed by atoms with E-state index < -0.39 is 0 Å². The molecule has 0 spiro atoms. The Morgan fingerprint density at radius 3 is 2.93 bits per heavy atom. The summed E-state index contributed by atoms with van der Waals surface area (Å²) < 4.78 is 0. The Morgan fingerprint density at radius 2 is 2.40 bits per heavy atom. The highest BCUT2D eigenvalue weighted by Crippen LogP contribution is 2.10. The molecule has 0 aliphatic carbocycles. The van der Waals surface area contributed by atoms with Crippen LogP contribution in [0.4, 0.5) is 0 Å². The van der Waals surface area contributed by atoms with Crippen molar-refractivity contribution in [2.75, 3.05) is 19.7 Å². The summed E-state index contributed by atoms with van der Waals surface area (Å²) in [5, 5.41) is 10.7. The topological polar surface area (TPSA) is 40.5 Å². The molecule has 0 saturated carbocycles. The number of nitrogens with zero attached hydrogens (tertiary/aromatic N) is 1. The van der Waals surface area contributed by atoms with Gasteiger partial charge in [0.05, 0.1) is 6.42 Å². The first kappa shape index (κ1) is 12.2. The predicted molar refractivity (Wildman–Crippen MR) is 62.0 cm³/mol. The Morgan fingerprint density at radius 1 is 1.60 bits per heavy atom. The molecule has 1 aromatic rings. The standard InChI is InChI=1S/C11H17NO2S/c1-2-12(6-4-7-13)11(14)9-10-5-3-8-15-10/h3,5,8,13H,2,4,6-7,9H2,1H3. The van der Waals surface area contributed by atoms with Crippen molar-refractivity contribution in [1.82, 2.24) is 4.90 Å². The van der Waals surface area contributed by atoms with E-state index in [1.54, 1.807) is 16.2 Å². The highest BCUT2D eigenvalue weighted by Gasteiger charge is 2.11. The van der Waals surface area contributed by atoms with Crippen LogP contribution in [0.15, 0.2) is 17.5 Å². The molecule has 0 radical (unpaired) electrons. The van der Waals surface area contributed by atoms with Crippen molar-refractivity contribution >= 4 is 17.2 Å². The Kier molecular flexibility index (Phi) is 5.36. The summed E-state index contributed by atoms with van der Waals surface area (Å²) in [5.74, 6) is 0.147. The third kappa shape index (κ3) is 4.01. The maximum atomic E-state index is 11.8. The number of amides is 1. The molecule has 1 aromatic heterocycles. The van der Waals surface area contributed by atoms with Crippen molar-refractivity contribution in [3.63, 3.8) is 0 Å². The predicted octanol–water partition coefficient (Wildman–Crippen LogP) is 1.52. The molecule has 4 heteroatoms. The number of hydrogen-bond donors (Lipinski definition) is 1. The number of aliphatic hydroxyl groups is 1. The summed E-state index contributed by atoms with van der Waals surface area (Å²) in [5.41, 5.74) is 0. The van der Waals surface area contributed by atoms with E-state index in [2.05, 4.69) is 0 Å². The fraction of sp³-hybridized carbons (Fsp3) is 0.545. The van der Waals surface area contributed by atoms with E-state index in [1.165, 1.54) is 0 Å². The maximum Gasteiger partial charge on any atom is 0.227 e. The molecule has 15 heavy (non-hydrogen) atoms. The Bertz CT molecular complexity index is 285. The first-order valence-corrected chi connectivity index (χ1v) is 6.07. The van der Waals surface area contributed by atoms with Gasteiger partial charge in [0.1, 0.15) is 0 Å². The zero-order valence-corrected chi connectivity index (χ0v) is 9.80. The molecule has 0 atom stereocenters. The van der Waals surface area contributed by atoms with Crippen LogP contribution in [-0.2, 0) is 11.2 Å². The lowest BCUT2D eigenvalue weighted by Crippen LogP contribution is -2.33. The molecule has 0 bridgehead atoms. The van der Waals surface area contributed by atoms with Gasteiger partial charge < -0.3 is 10.0 Å². The first-order valence-electron chi connectivity index (χ1n) is 5.19. The summed E-state index contributed by atoms with van der Waals surface area (Å²) in [7, 11) is 0. The van der Waals surface area contributed by atoms with Crippen molar-refractivity contribution in [2.24, 2.45) is 0 Å². The minimum absolute atomic E-state index is 0.142. The van der Waals surface area contributed by atoms with Gasteiger partial charge in [-0.25, -0.2) is 0 Å². The van der Waals surface area contributed by atoms with E-state index in [0.29, 0.717) is 25.9 Å². The number of rotatable bonds is 6. The van der Waals surface area contributed by atoms with Crippen molar-refractivity contribution in [1.29, 1.82) is 0 Å². The first-order chi connectivity index (χ1) is 7.27. The van der Waals surface area contributed by atoms with E-state index >= 15 is 0 Å². The summed E-state index contributed by atoms with van der Waals surface area (Å²) in [6, 6.07) is 3.93. The molecular weight excluding hydrogens is 210 g/mol. The molecule has 1 amide bonds. The van der Waals surface area contributed by atoms with Crippen LogP contribution in [0.5, 0.6) is 0 Å². The lowest BCUT2D eigenvalue weighted by Gasteiger charge is -2.19. The quantitative estimate of drug-likeness (QED) is 0.800. The fourth-order valence-electron chi connectivity index (χ4n) is 1.39. The van der Waals surface area contributed by atoms with Crippen LogP contribution in [0.1, 0.15) is 18.2 Å². The maximum absolute atomic E-state index is 11.8. The number of hydrogen-bond acceptors (Lipinski definition) is 3. The van der Waals surface area contributed by atoms with Gasteiger partial charge in [-0.3, -0.25) is 4.79 Å². The summed E-state index contributed by atoms with van der Waals surface area (Å²) >= 11 is 1.61. The number of thiophene rings is 1. The van der Waals surface area contributed by atoms with Crippen molar-refractivity contribution in [3.05, 3.63) is 22.4 Å². The second kappa shape index (κ2) is 6.58. The van der Waals surface area contributed by atoms with Gasteiger partial charge in [-0.15, -0.1) is 11.3 Å². The van der Waals surface area contributed by atoms with Crippen molar-refractivity contribution in [3.8, 4) is 0 Å². The molecule has 3 nitrogen and oxygen atoms in total. The Labute approximate surface area is 94.3 Å². The monoisotopic (exact) mass is 227 g/mol. The van der Waals surface area contributed by atoms with Crippen molar-refractivity contribution < 1.29 is 9.90 Å². The van der Waals surface area contributed by atoms with Crippen LogP contribution in [-0.4, -0.2) is 35.6 Å². The van der Waals surface area contributed by atoms with Crippen LogP contribution in [0, 0.1) is 0 Å². The minimum Gasteiger partial charge on any atom is -0.396 e. The second-order valence-corrected chi connectivity index (χ2v) is 4.34. The Balaban J connectivity index is 2.43. The molecular formula is C11H17NO2S. The smallest absolute Gasteiger partial charge is 0.227 e. The lowest BCUT2D eigenvalue weighted by atomic mass is 10.3. The van der Waals surface area contributed by atoms with Gasteiger partial charge in [0.2, 0.25) is 5.91 Å². The van der Waals surface area contributed by atoms with E-state index in [1.807, 2.05) is 24.4 Å². The molecule has 0 aliphatic rings. The van der Waals surface area contributed by atoms with Gasteiger partial charge in [-0.2, -0.15) is 0 Å². The Hall–Kier alpha value is -0.870. The number of aliphatic hydroxyl groups excluding tert-OH is 1. The molecule has 1 heterocycles. The van der Waals surface area contributed by atoms with Gasteiger partial charge in [-0.1, -0.05) is 6.07 Å². The van der Waals surface area contributed by atoms with Gasteiger partial charge in [0.15, 0.2) is 0 Å². The molecule has 0 fully saturated rings. The van der Waals surface area contributed by atoms with E-state index in [4.69, 9.17) is 5.11 Å². The van der Waals surface area contributed by atoms with Crippen LogP contribution in [0.3, 0.4) is 0 Å². The summed E-state index contributed by atoms with van der Waals surface area (Å²) in [6.45, 7) is 3.47. The van der Waals surface area contributed by atoms with Crippen LogP contribution in [0.2, 0.25) is 0 Å². The largest absolute Gasteiger partial charge is 0.396 e. The third-order valence-corrected chi connectivity index (χ3v) is 3.10. The van der Waals surface area contributed by atoms with Gasteiger partial charge >= 0.3 is 0 Å². The van der Waals surface area contributed by atoms with E-state index in [9.17, 15) is 4.79 Å². The molecule has 84 valence electrons. The fourth-order valence-corrected chi connectivity index (χ4v) is 2.09. The van der Waals surface area contributed by atoms with Crippen LogP contribution < -0.4 is 0 Å². The third-order valence-electron chi connectivity index (χ3n) is 2.23. The van der Waals surface area contributed by atoms with Crippen LogP contribution >= 0.6 is 11.3 Å². The second-order valence-electron chi connectivity index (χ2n) is 3.31. The average molecular weight is 227 g/mol. The van der Waals surface area contributed by atoms with Gasteiger partial charge in [0, 0.05) is 24.6 Å². The SMILES string of the molecule is CCN(CCCO)C(=O)Cc1cccs1.